The van der Waals surface area contributed by atoms with Crippen LogP contribution in [0.4, 0.5) is 16.2 Å². The Kier molecular flexibility index (Phi) is 11.0. The summed E-state index contributed by atoms with van der Waals surface area (Å²) in [5, 5.41) is 1.21. The Hall–Kier alpha value is -2.68. The van der Waals surface area contributed by atoms with Gasteiger partial charge in [0.2, 0.25) is 5.91 Å². The number of rotatable bonds is 11. The number of hydrogen-bond acceptors (Lipinski definition) is 6. The fraction of sp³-hybridized carbons (Fsp3) is 0.548. The number of fused-ring (bicyclic) bond motifs is 1. The average molecular weight is 606 g/mol. The van der Waals surface area contributed by atoms with E-state index in [1.54, 1.807) is 23.8 Å². The van der Waals surface area contributed by atoms with Crippen LogP contribution >= 0.6 is 23.2 Å². The number of piperazine rings is 1. The van der Waals surface area contributed by atoms with Gasteiger partial charge in [0.1, 0.15) is 5.75 Å². The number of amides is 2. The molecule has 0 N–H and O–H groups in total. The summed E-state index contributed by atoms with van der Waals surface area (Å²) in [6, 6.07) is 11.6. The number of ether oxygens (including phenoxy) is 2. The molecule has 0 aromatic heterocycles. The molecule has 1 saturated heterocycles. The van der Waals surface area contributed by atoms with E-state index in [2.05, 4.69) is 9.80 Å². The highest BCUT2D eigenvalue weighted by Crippen LogP contribution is 2.34. The standard InChI is InChI=1S/C31H42Cl2N4O4/c1-22(2)21-34(4)31(39)41-23(3)37-28-20-25(12-10-24(28)11-13-29(37)38)40-19-6-5-14-35-15-17-36(18-16-35)27-9-7-8-26(32)30(27)33/h7-10,12,20,22-23H,5-6,11,13-19,21H2,1-4H3. The first kappa shape index (κ1) is 31.3. The second-order valence-corrected chi connectivity index (χ2v) is 12.1. The van der Waals surface area contributed by atoms with Crippen molar-refractivity contribution < 1.29 is 19.1 Å². The summed E-state index contributed by atoms with van der Waals surface area (Å²) >= 11 is 12.6. The Labute approximate surface area is 254 Å². The van der Waals surface area contributed by atoms with Gasteiger partial charge in [0.15, 0.2) is 6.23 Å². The van der Waals surface area contributed by atoms with Crippen molar-refractivity contribution in [3.63, 3.8) is 0 Å². The van der Waals surface area contributed by atoms with Crippen LogP contribution in [-0.2, 0) is 16.0 Å². The minimum absolute atomic E-state index is 0.0563. The van der Waals surface area contributed by atoms with Crippen LogP contribution in [0.1, 0.15) is 45.6 Å². The minimum Gasteiger partial charge on any atom is -0.494 e. The number of benzene rings is 2. The maximum Gasteiger partial charge on any atom is 0.411 e. The van der Waals surface area contributed by atoms with Crippen LogP contribution in [0.15, 0.2) is 36.4 Å². The maximum absolute atomic E-state index is 12.9. The van der Waals surface area contributed by atoms with Crippen LogP contribution in [0.3, 0.4) is 0 Å². The van der Waals surface area contributed by atoms with E-state index < -0.39 is 12.3 Å². The van der Waals surface area contributed by atoms with E-state index in [1.165, 1.54) is 0 Å². The van der Waals surface area contributed by atoms with E-state index in [1.807, 2.05) is 50.2 Å². The first-order chi connectivity index (χ1) is 19.6. The van der Waals surface area contributed by atoms with E-state index in [9.17, 15) is 9.59 Å². The molecule has 2 aromatic carbocycles. The van der Waals surface area contributed by atoms with Crippen molar-refractivity contribution in [3.8, 4) is 5.75 Å². The Morgan fingerprint density at radius 1 is 1.00 bits per heavy atom. The molecule has 41 heavy (non-hydrogen) atoms. The van der Waals surface area contributed by atoms with Gasteiger partial charge in [0.25, 0.3) is 0 Å². The molecule has 1 unspecified atom stereocenters. The van der Waals surface area contributed by atoms with E-state index in [4.69, 9.17) is 32.7 Å². The predicted octanol–water partition coefficient (Wildman–Crippen LogP) is 6.32. The molecule has 2 heterocycles. The minimum atomic E-state index is -0.714. The zero-order valence-electron chi connectivity index (χ0n) is 24.6. The van der Waals surface area contributed by atoms with Gasteiger partial charge < -0.3 is 19.3 Å². The molecule has 4 rings (SSSR count). The maximum atomic E-state index is 12.9. The second kappa shape index (κ2) is 14.5. The number of hydrogen-bond donors (Lipinski definition) is 0. The predicted molar refractivity (Wildman–Crippen MR) is 166 cm³/mol. The van der Waals surface area contributed by atoms with Gasteiger partial charge in [-0.15, -0.1) is 0 Å². The molecule has 0 spiro atoms. The summed E-state index contributed by atoms with van der Waals surface area (Å²) in [7, 11) is 1.71. The average Bonchev–Trinajstić information content (AvgIpc) is 2.94. The second-order valence-electron chi connectivity index (χ2n) is 11.3. The fourth-order valence-corrected chi connectivity index (χ4v) is 5.87. The summed E-state index contributed by atoms with van der Waals surface area (Å²) < 4.78 is 11.7. The lowest BCUT2D eigenvalue weighted by Crippen LogP contribution is -2.46. The molecule has 10 heteroatoms. The highest BCUT2D eigenvalue weighted by Gasteiger charge is 2.31. The van der Waals surface area contributed by atoms with Crippen LogP contribution in [0.25, 0.3) is 0 Å². The zero-order chi connectivity index (χ0) is 29.5. The molecule has 0 bridgehead atoms. The summed E-state index contributed by atoms with van der Waals surface area (Å²) in [5.41, 5.74) is 2.81. The molecule has 2 amide bonds. The largest absolute Gasteiger partial charge is 0.494 e. The van der Waals surface area contributed by atoms with Gasteiger partial charge in [0, 0.05) is 52.3 Å². The topological polar surface area (TPSA) is 65.6 Å². The Morgan fingerprint density at radius 2 is 1.76 bits per heavy atom. The smallest absolute Gasteiger partial charge is 0.411 e. The molecule has 0 saturated carbocycles. The number of nitrogens with zero attached hydrogens (tertiary/aromatic N) is 4. The van der Waals surface area contributed by atoms with Crippen LogP contribution in [-0.4, -0.2) is 81.0 Å². The number of carbonyl (C=O) groups is 2. The van der Waals surface area contributed by atoms with Gasteiger partial charge in [-0.05, 0) is 62.4 Å². The van der Waals surface area contributed by atoms with Gasteiger partial charge in [0.05, 0.1) is 28.0 Å². The number of aryl methyl sites for hydroxylation is 1. The Balaban J connectivity index is 1.24. The molecule has 1 atom stereocenters. The van der Waals surface area contributed by atoms with E-state index in [-0.39, 0.29) is 5.91 Å². The third kappa shape index (κ3) is 8.21. The van der Waals surface area contributed by atoms with Crippen molar-refractivity contribution in [1.29, 1.82) is 0 Å². The Morgan fingerprint density at radius 3 is 2.49 bits per heavy atom. The SMILES string of the molecule is CC(C)CN(C)C(=O)OC(C)N1C(=O)CCc2ccc(OCCCCN3CCN(c4cccc(Cl)c4Cl)CC3)cc21. The van der Waals surface area contributed by atoms with Crippen molar-refractivity contribution >= 4 is 46.6 Å². The molecule has 2 aliphatic rings. The third-order valence-electron chi connectivity index (χ3n) is 7.56. The molecule has 2 aromatic rings. The number of anilines is 2. The van der Waals surface area contributed by atoms with Crippen molar-refractivity contribution in [2.24, 2.45) is 5.92 Å². The quantitative estimate of drug-likeness (QED) is 0.279. The van der Waals surface area contributed by atoms with Crippen LogP contribution < -0.4 is 14.5 Å². The number of halogens is 2. The lowest BCUT2D eigenvalue weighted by atomic mass is 10.0. The fourth-order valence-electron chi connectivity index (χ4n) is 5.45. The van der Waals surface area contributed by atoms with E-state index in [0.29, 0.717) is 47.7 Å². The van der Waals surface area contributed by atoms with Crippen molar-refractivity contribution in [2.45, 2.75) is 52.7 Å². The van der Waals surface area contributed by atoms with Gasteiger partial charge in [-0.2, -0.15) is 0 Å². The van der Waals surface area contributed by atoms with Gasteiger partial charge in [-0.1, -0.05) is 49.2 Å². The van der Waals surface area contributed by atoms with Gasteiger partial charge in [-0.25, -0.2) is 4.79 Å². The summed E-state index contributed by atoms with van der Waals surface area (Å²) in [4.78, 5) is 33.3. The lowest BCUT2D eigenvalue weighted by molar-refractivity contribution is -0.120. The summed E-state index contributed by atoms with van der Waals surface area (Å²) in [6.07, 6.45) is 1.86. The normalized spacial score (nSPS) is 16.5. The van der Waals surface area contributed by atoms with Crippen molar-refractivity contribution in [3.05, 3.63) is 52.0 Å². The zero-order valence-corrected chi connectivity index (χ0v) is 26.1. The molecule has 0 radical (unpaired) electrons. The molecule has 2 aliphatic heterocycles. The highest BCUT2D eigenvalue weighted by molar-refractivity contribution is 6.43. The van der Waals surface area contributed by atoms with Crippen molar-refractivity contribution in [1.82, 2.24) is 9.80 Å². The lowest BCUT2D eigenvalue weighted by Gasteiger charge is -2.36. The van der Waals surface area contributed by atoms with Gasteiger partial charge >= 0.3 is 6.09 Å². The van der Waals surface area contributed by atoms with Crippen LogP contribution in [0.2, 0.25) is 10.0 Å². The number of unbranched alkanes of at least 4 members (excludes halogenated alkanes) is 1. The first-order valence-electron chi connectivity index (χ1n) is 14.5. The molecule has 1 fully saturated rings. The molecular weight excluding hydrogens is 563 g/mol. The van der Waals surface area contributed by atoms with Gasteiger partial charge in [-0.3, -0.25) is 14.6 Å². The first-order valence-corrected chi connectivity index (χ1v) is 15.3. The molecule has 8 nitrogen and oxygen atoms in total. The highest BCUT2D eigenvalue weighted by atomic mass is 35.5. The third-order valence-corrected chi connectivity index (χ3v) is 8.37. The van der Waals surface area contributed by atoms with Crippen molar-refractivity contribution in [2.75, 3.05) is 62.7 Å². The van der Waals surface area contributed by atoms with E-state index >= 15 is 0 Å². The van der Waals surface area contributed by atoms with E-state index in [0.717, 1.165) is 62.5 Å². The molecular formula is C31H42Cl2N4O4. The Bertz CT molecular complexity index is 1200. The van der Waals surface area contributed by atoms with Crippen LogP contribution in [0.5, 0.6) is 5.75 Å². The summed E-state index contributed by atoms with van der Waals surface area (Å²) in [5.74, 6) is 0.981. The molecule has 0 aliphatic carbocycles. The molecule has 224 valence electrons. The number of carbonyl (C=O) groups excluding carboxylic acids is 2. The summed E-state index contributed by atoms with van der Waals surface area (Å²) in [6.45, 7) is 11.8. The van der Waals surface area contributed by atoms with Crippen LogP contribution in [0, 0.1) is 5.92 Å². The monoisotopic (exact) mass is 604 g/mol.